The quantitative estimate of drug-likeness (QED) is 0.372. The molecule has 21 heavy (non-hydrogen) atoms. The second-order valence-electron chi connectivity index (χ2n) is 6.04. The first-order valence-corrected chi connectivity index (χ1v) is 9.40. The molecule has 0 amide bonds. The molecule has 0 aliphatic heterocycles. The SMILES string of the molecule is CCCCCCNCCCCCCOCCCCCCN. The molecule has 0 aromatic heterocycles. The summed E-state index contributed by atoms with van der Waals surface area (Å²) in [7, 11) is 0. The number of nitrogens with two attached hydrogens (primary N) is 1. The van der Waals surface area contributed by atoms with Crippen LogP contribution in [0.15, 0.2) is 0 Å². The van der Waals surface area contributed by atoms with Crippen LogP contribution in [-0.4, -0.2) is 32.8 Å². The number of ether oxygens (including phenoxy) is 1. The highest BCUT2D eigenvalue weighted by molar-refractivity contribution is 4.51. The van der Waals surface area contributed by atoms with Gasteiger partial charge in [-0.3, -0.25) is 0 Å². The highest BCUT2D eigenvalue weighted by Crippen LogP contribution is 2.02. The summed E-state index contributed by atoms with van der Waals surface area (Å²) < 4.78 is 5.65. The van der Waals surface area contributed by atoms with Crippen molar-refractivity contribution < 1.29 is 4.74 Å². The highest BCUT2D eigenvalue weighted by Gasteiger charge is 1.93. The summed E-state index contributed by atoms with van der Waals surface area (Å²) in [5.41, 5.74) is 5.46. The fraction of sp³-hybridized carbons (Fsp3) is 1.00. The maximum absolute atomic E-state index is 5.65. The fourth-order valence-corrected chi connectivity index (χ4v) is 2.41. The Morgan fingerprint density at radius 2 is 1.19 bits per heavy atom. The first-order valence-electron chi connectivity index (χ1n) is 9.40. The van der Waals surface area contributed by atoms with Crippen LogP contribution in [0.2, 0.25) is 0 Å². The van der Waals surface area contributed by atoms with E-state index in [1.165, 1.54) is 83.7 Å². The normalized spacial score (nSPS) is 11.1. The first kappa shape index (κ1) is 20.9. The van der Waals surface area contributed by atoms with E-state index in [1.54, 1.807) is 0 Å². The molecule has 3 nitrogen and oxygen atoms in total. The predicted octanol–water partition coefficient (Wildman–Crippen LogP) is 4.25. The lowest BCUT2D eigenvalue weighted by Gasteiger charge is -2.06. The Morgan fingerprint density at radius 1 is 0.667 bits per heavy atom. The van der Waals surface area contributed by atoms with E-state index in [-0.39, 0.29) is 0 Å². The third kappa shape index (κ3) is 19.9. The van der Waals surface area contributed by atoms with Gasteiger partial charge in [0.25, 0.3) is 0 Å². The molecule has 0 saturated carbocycles. The van der Waals surface area contributed by atoms with Gasteiger partial charge < -0.3 is 15.8 Å². The van der Waals surface area contributed by atoms with Gasteiger partial charge in [0.2, 0.25) is 0 Å². The largest absolute Gasteiger partial charge is 0.381 e. The Morgan fingerprint density at radius 3 is 1.76 bits per heavy atom. The Labute approximate surface area is 133 Å². The summed E-state index contributed by atoms with van der Waals surface area (Å²) in [6.07, 6.45) is 15.5. The molecule has 0 aromatic carbocycles. The molecule has 0 saturated heterocycles. The molecule has 3 N–H and O–H groups in total. The Kier molecular flexibility index (Phi) is 19.8. The van der Waals surface area contributed by atoms with E-state index in [0.29, 0.717) is 0 Å². The Hall–Kier alpha value is -0.120. The van der Waals surface area contributed by atoms with Crippen molar-refractivity contribution in [3.63, 3.8) is 0 Å². The van der Waals surface area contributed by atoms with E-state index < -0.39 is 0 Å². The summed E-state index contributed by atoms with van der Waals surface area (Å²) >= 11 is 0. The summed E-state index contributed by atoms with van der Waals surface area (Å²) in [5, 5.41) is 3.54. The van der Waals surface area contributed by atoms with Gasteiger partial charge in [-0.15, -0.1) is 0 Å². The van der Waals surface area contributed by atoms with Crippen LogP contribution in [0.5, 0.6) is 0 Å². The molecule has 3 heteroatoms. The van der Waals surface area contributed by atoms with E-state index >= 15 is 0 Å². The van der Waals surface area contributed by atoms with Crippen LogP contribution in [0.4, 0.5) is 0 Å². The maximum Gasteiger partial charge on any atom is 0.0466 e. The minimum Gasteiger partial charge on any atom is -0.381 e. The molecule has 0 rings (SSSR count). The first-order chi connectivity index (χ1) is 10.4. The topological polar surface area (TPSA) is 47.3 Å². The molecule has 0 aliphatic rings. The van der Waals surface area contributed by atoms with Crippen LogP contribution in [0.1, 0.15) is 84.0 Å². The zero-order chi connectivity index (χ0) is 15.4. The molecule has 0 atom stereocenters. The number of nitrogens with one attached hydrogen (secondary N) is 1. The monoisotopic (exact) mass is 300 g/mol. The summed E-state index contributed by atoms with van der Waals surface area (Å²) in [4.78, 5) is 0. The summed E-state index contributed by atoms with van der Waals surface area (Å²) in [5.74, 6) is 0. The molecule has 0 aromatic rings. The molecule has 0 aliphatic carbocycles. The zero-order valence-electron chi connectivity index (χ0n) is 14.5. The molecule has 0 unspecified atom stereocenters. The number of unbranched alkanes of at least 4 members (excludes halogenated alkanes) is 9. The van der Waals surface area contributed by atoms with E-state index in [0.717, 1.165) is 26.2 Å². The van der Waals surface area contributed by atoms with Crippen LogP contribution in [-0.2, 0) is 4.74 Å². The van der Waals surface area contributed by atoms with Gasteiger partial charge in [0.1, 0.15) is 0 Å². The summed E-state index contributed by atoms with van der Waals surface area (Å²) in [6.45, 7) is 7.36. The second kappa shape index (κ2) is 19.9. The predicted molar refractivity (Wildman–Crippen MR) is 93.8 cm³/mol. The van der Waals surface area contributed by atoms with Crippen molar-refractivity contribution in [3.05, 3.63) is 0 Å². The number of hydrogen-bond donors (Lipinski definition) is 2. The lowest BCUT2D eigenvalue weighted by atomic mass is 10.2. The van der Waals surface area contributed by atoms with Crippen molar-refractivity contribution in [2.75, 3.05) is 32.8 Å². The van der Waals surface area contributed by atoms with Crippen LogP contribution in [0.3, 0.4) is 0 Å². The van der Waals surface area contributed by atoms with Gasteiger partial charge in [-0.1, -0.05) is 51.9 Å². The zero-order valence-corrected chi connectivity index (χ0v) is 14.5. The van der Waals surface area contributed by atoms with Crippen molar-refractivity contribution in [2.45, 2.75) is 84.0 Å². The summed E-state index contributed by atoms with van der Waals surface area (Å²) in [6, 6.07) is 0. The number of hydrogen-bond acceptors (Lipinski definition) is 3. The van der Waals surface area contributed by atoms with Crippen molar-refractivity contribution in [2.24, 2.45) is 5.73 Å². The molecule has 0 radical (unpaired) electrons. The van der Waals surface area contributed by atoms with E-state index in [9.17, 15) is 0 Å². The van der Waals surface area contributed by atoms with Crippen molar-refractivity contribution in [1.29, 1.82) is 0 Å². The minimum atomic E-state index is 0.828. The minimum absolute atomic E-state index is 0.828. The van der Waals surface area contributed by atoms with Crippen LogP contribution < -0.4 is 11.1 Å². The Balaban J connectivity index is 2.90. The van der Waals surface area contributed by atoms with E-state index in [1.807, 2.05) is 0 Å². The van der Waals surface area contributed by atoms with Gasteiger partial charge in [-0.05, 0) is 51.7 Å². The molecular weight excluding hydrogens is 260 g/mol. The van der Waals surface area contributed by atoms with Crippen molar-refractivity contribution in [3.8, 4) is 0 Å². The molecule has 128 valence electrons. The van der Waals surface area contributed by atoms with Gasteiger partial charge in [0, 0.05) is 13.2 Å². The smallest absolute Gasteiger partial charge is 0.0466 e. The number of rotatable bonds is 18. The van der Waals surface area contributed by atoms with E-state index in [2.05, 4.69) is 12.2 Å². The van der Waals surface area contributed by atoms with Gasteiger partial charge in [0.05, 0.1) is 0 Å². The van der Waals surface area contributed by atoms with Gasteiger partial charge in [-0.2, -0.15) is 0 Å². The Bertz CT molecular complexity index is 159. The molecule has 0 spiro atoms. The van der Waals surface area contributed by atoms with Gasteiger partial charge >= 0.3 is 0 Å². The molecule has 0 fully saturated rings. The molecular formula is C18H40N2O. The maximum atomic E-state index is 5.65. The highest BCUT2D eigenvalue weighted by atomic mass is 16.5. The van der Waals surface area contributed by atoms with Crippen LogP contribution in [0, 0.1) is 0 Å². The van der Waals surface area contributed by atoms with Gasteiger partial charge in [-0.25, -0.2) is 0 Å². The molecule has 0 bridgehead atoms. The fourth-order valence-electron chi connectivity index (χ4n) is 2.41. The lowest BCUT2D eigenvalue weighted by molar-refractivity contribution is 0.125. The average Bonchev–Trinajstić information content (AvgIpc) is 2.50. The third-order valence-electron chi connectivity index (χ3n) is 3.84. The van der Waals surface area contributed by atoms with Crippen molar-refractivity contribution in [1.82, 2.24) is 5.32 Å². The van der Waals surface area contributed by atoms with Crippen molar-refractivity contribution >= 4 is 0 Å². The molecule has 0 heterocycles. The van der Waals surface area contributed by atoms with Crippen LogP contribution in [0.25, 0.3) is 0 Å². The van der Waals surface area contributed by atoms with Crippen LogP contribution >= 0.6 is 0 Å². The third-order valence-corrected chi connectivity index (χ3v) is 3.84. The van der Waals surface area contributed by atoms with Gasteiger partial charge in [0.15, 0.2) is 0 Å². The standard InChI is InChI=1S/C18H40N2O/c1-2-3-4-10-15-20-16-11-6-8-13-18-21-17-12-7-5-9-14-19/h20H,2-19H2,1H3. The van der Waals surface area contributed by atoms with E-state index in [4.69, 9.17) is 10.5 Å². The second-order valence-corrected chi connectivity index (χ2v) is 6.04. The average molecular weight is 301 g/mol. The lowest BCUT2D eigenvalue weighted by Crippen LogP contribution is -2.16.